The van der Waals surface area contributed by atoms with Crippen molar-refractivity contribution in [3.05, 3.63) is 77.2 Å². The second-order valence-electron chi connectivity index (χ2n) is 8.77. The molecule has 1 aromatic heterocycles. The number of carboxylic acid groups (broad SMARTS) is 1. The highest BCUT2D eigenvalue weighted by Crippen LogP contribution is 2.38. The van der Waals surface area contributed by atoms with Crippen LogP contribution >= 0.6 is 0 Å². The minimum absolute atomic E-state index is 0.0672. The number of carboxylic acids is 1. The van der Waals surface area contributed by atoms with Crippen molar-refractivity contribution in [3.8, 4) is 23.0 Å². The van der Waals surface area contributed by atoms with Gasteiger partial charge in [0.05, 0.1) is 24.7 Å². The summed E-state index contributed by atoms with van der Waals surface area (Å²) in [6.45, 7) is 0.380. The minimum atomic E-state index is -0.834. The maximum Gasteiger partial charge on any atom is 0.304 e. The van der Waals surface area contributed by atoms with Crippen LogP contribution in [0.4, 0.5) is 4.39 Å². The van der Waals surface area contributed by atoms with Crippen LogP contribution in [0.15, 0.2) is 54.7 Å². The first-order valence-corrected chi connectivity index (χ1v) is 11.5. The second-order valence-corrected chi connectivity index (χ2v) is 8.77. The Bertz CT molecular complexity index is 1410. The number of aliphatic carboxylic acids is 1. The van der Waals surface area contributed by atoms with E-state index in [0.29, 0.717) is 12.4 Å². The lowest BCUT2D eigenvalue weighted by Crippen LogP contribution is -2.07. The number of fused-ring (bicyclic) bond motifs is 3. The number of aromatic hydroxyl groups is 1. The van der Waals surface area contributed by atoms with Crippen molar-refractivity contribution < 1.29 is 28.9 Å². The Kier molecular flexibility index (Phi) is 6.03. The molecule has 8 heteroatoms. The predicted molar refractivity (Wildman–Crippen MR) is 128 cm³/mol. The van der Waals surface area contributed by atoms with E-state index < -0.39 is 5.97 Å². The monoisotopic (exact) mass is 476 g/mol. The number of aryl methyl sites for hydroxylation is 1. The molecule has 180 valence electrons. The minimum Gasteiger partial charge on any atom is -0.508 e. The highest BCUT2D eigenvalue weighted by Gasteiger charge is 2.26. The molecule has 0 saturated heterocycles. The molecule has 0 amide bonds. The molecule has 2 N–H and O–H groups in total. The zero-order valence-electron chi connectivity index (χ0n) is 19.2. The van der Waals surface area contributed by atoms with Crippen molar-refractivity contribution in [2.45, 2.75) is 31.6 Å². The number of hydrogen-bond donors (Lipinski definition) is 2. The fourth-order valence-electron chi connectivity index (χ4n) is 4.68. The number of carbonyl (C=O) groups is 1. The van der Waals surface area contributed by atoms with E-state index in [1.165, 1.54) is 12.1 Å². The van der Waals surface area contributed by atoms with Crippen molar-refractivity contribution in [2.75, 3.05) is 6.61 Å². The largest absolute Gasteiger partial charge is 0.508 e. The first-order valence-electron chi connectivity index (χ1n) is 11.5. The van der Waals surface area contributed by atoms with Crippen LogP contribution in [0.1, 0.15) is 35.4 Å². The smallest absolute Gasteiger partial charge is 0.304 e. The van der Waals surface area contributed by atoms with Gasteiger partial charge in [0, 0.05) is 41.6 Å². The first kappa shape index (κ1) is 22.7. The maximum atomic E-state index is 13.8. The molecule has 1 atom stereocenters. The van der Waals surface area contributed by atoms with Gasteiger partial charge < -0.3 is 19.7 Å². The Hall–Kier alpha value is -4.07. The number of phenols is 1. The SMILES string of the molecule is Cn1ncc2ccc(Oc3ccc(F)c4c3CCC4)cc21.O=C(O)CC1COc2cc(O)ccc21. The van der Waals surface area contributed by atoms with Crippen LogP contribution in [0.5, 0.6) is 23.0 Å². The molecule has 0 saturated carbocycles. The van der Waals surface area contributed by atoms with E-state index in [9.17, 15) is 9.18 Å². The summed E-state index contributed by atoms with van der Waals surface area (Å²) in [5.74, 6) is 1.22. The number of ether oxygens (including phenoxy) is 2. The molecule has 3 aromatic carbocycles. The third kappa shape index (κ3) is 4.64. The standard InChI is InChI=1S/C17H15FN2O.C10H10O4/c1-20-16-9-12(6-5-11(16)10-19-20)21-17-8-7-15(18)13-3-2-4-14(13)17;11-7-1-2-8-6(3-10(12)13)5-14-9(8)4-7/h5-10H,2-4H2,1H3;1-2,4,6,11H,3,5H2,(H,12,13). The van der Waals surface area contributed by atoms with Gasteiger partial charge in [-0.15, -0.1) is 0 Å². The Morgan fingerprint density at radius 1 is 1.17 bits per heavy atom. The third-order valence-electron chi connectivity index (χ3n) is 6.43. The summed E-state index contributed by atoms with van der Waals surface area (Å²) in [5.41, 5.74) is 3.71. The van der Waals surface area contributed by atoms with Crippen LogP contribution in [0, 0.1) is 5.82 Å². The van der Waals surface area contributed by atoms with Gasteiger partial charge in [0.15, 0.2) is 0 Å². The van der Waals surface area contributed by atoms with E-state index >= 15 is 0 Å². The van der Waals surface area contributed by atoms with Crippen LogP contribution in [-0.4, -0.2) is 32.6 Å². The van der Waals surface area contributed by atoms with E-state index in [1.54, 1.807) is 18.2 Å². The molecule has 35 heavy (non-hydrogen) atoms. The van der Waals surface area contributed by atoms with Crippen LogP contribution in [-0.2, 0) is 24.7 Å². The molecule has 2 heterocycles. The highest BCUT2D eigenvalue weighted by molar-refractivity contribution is 5.80. The van der Waals surface area contributed by atoms with Gasteiger partial charge in [0.1, 0.15) is 28.8 Å². The number of hydrogen-bond acceptors (Lipinski definition) is 5. The van der Waals surface area contributed by atoms with Gasteiger partial charge in [0.25, 0.3) is 0 Å². The van der Waals surface area contributed by atoms with Crippen LogP contribution in [0.25, 0.3) is 10.9 Å². The van der Waals surface area contributed by atoms with Gasteiger partial charge >= 0.3 is 5.97 Å². The molecule has 4 aromatic rings. The first-order chi connectivity index (χ1) is 16.9. The number of rotatable bonds is 4. The summed E-state index contributed by atoms with van der Waals surface area (Å²) in [7, 11) is 1.90. The number of aromatic nitrogens is 2. The molecule has 2 aliphatic rings. The summed E-state index contributed by atoms with van der Waals surface area (Å²) in [4.78, 5) is 10.5. The van der Waals surface area contributed by atoms with Gasteiger partial charge in [-0.1, -0.05) is 6.07 Å². The van der Waals surface area contributed by atoms with Crippen LogP contribution in [0.3, 0.4) is 0 Å². The summed E-state index contributed by atoms with van der Waals surface area (Å²) >= 11 is 0. The van der Waals surface area contributed by atoms with Gasteiger partial charge in [-0.3, -0.25) is 9.48 Å². The zero-order valence-corrected chi connectivity index (χ0v) is 19.2. The molecule has 0 fully saturated rings. The second kappa shape index (κ2) is 9.29. The van der Waals surface area contributed by atoms with Crippen molar-refractivity contribution in [3.63, 3.8) is 0 Å². The Morgan fingerprint density at radius 2 is 2.00 bits per heavy atom. The van der Waals surface area contributed by atoms with Crippen molar-refractivity contribution in [2.24, 2.45) is 7.05 Å². The van der Waals surface area contributed by atoms with Gasteiger partial charge in [-0.25, -0.2) is 4.39 Å². The van der Waals surface area contributed by atoms with E-state index in [1.807, 2.05) is 36.1 Å². The number of halogens is 1. The van der Waals surface area contributed by atoms with Gasteiger partial charge in [0.2, 0.25) is 0 Å². The Labute approximate surface area is 201 Å². The Balaban J connectivity index is 0.000000158. The summed E-state index contributed by atoms with van der Waals surface area (Å²) in [6, 6.07) is 13.9. The maximum absolute atomic E-state index is 13.8. The van der Waals surface area contributed by atoms with E-state index in [0.717, 1.165) is 58.4 Å². The molecule has 6 rings (SSSR count). The molecular formula is C27H25FN2O5. The van der Waals surface area contributed by atoms with E-state index in [2.05, 4.69) is 5.10 Å². The summed E-state index contributed by atoms with van der Waals surface area (Å²) in [5, 5.41) is 23.1. The molecule has 7 nitrogen and oxygen atoms in total. The average molecular weight is 477 g/mol. The lowest BCUT2D eigenvalue weighted by molar-refractivity contribution is -0.137. The highest BCUT2D eigenvalue weighted by atomic mass is 19.1. The topological polar surface area (TPSA) is 93.8 Å². The summed E-state index contributed by atoms with van der Waals surface area (Å²) < 4.78 is 26.8. The van der Waals surface area contributed by atoms with Crippen LogP contribution < -0.4 is 9.47 Å². The fourth-order valence-corrected chi connectivity index (χ4v) is 4.68. The lowest BCUT2D eigenvalue weighted by atomic mass is 9.98. The van der Waals surface area contributed by atoms with E-state index in [4.69, 9.17) is 19.7 Å². The van der Waals surface area contributed by atoms with E-state index in [-0.39, 0.29) is 23.9 Å². The Morgan fingerprint density at radius 3 is 2.83 bits per heavy atom. The molecule has 0 bridgehead atoms. The molecule has 1 aliphatic heterocycles. The van der Waals surface area contributed by atoms with Crippen LogP contribution in [0.2, 0.25) is 0 Å². The number of benzene rings is 3. The summed E-state index contributed by atoms with van der Waals surface area (Å²) in [6.07, 6.45) is 4.58. The van der Waals surface area contributed by atoms with Crippen molar-refractivity contribution in [1.29, 1.82) is 0 Å². The average Bonchev–Trinajstić information content (AvgIpc) is 3.56. The molecular weight excluding hydrogens is 451 g/mol. The van der Waals surface area contributed by atoms with Gasteiger partial charge in [-0.05, 0) is 55.2 Å². The normalized spacial score (nSPS) is 15.7. The number of nitrogens with zero attached hydrogens (tertiary/aromatic N) is 2. The number of phenolic OH excluding ortho intramolecular Hbond substituents is 1. The zero-order chi connectivity index (χ0) is 24.5. The third-order valence-corrected chi connectivity index (χ3v) is 6.43. The molecule has 0 radical (unpaired) electrons. The lowest BCUT2D eigenvalue weighted by Gasteiger charge is -2.11. The molecule has 1 unspecified atom stereocenters. The van der Waals surface area contributed by atoms with Crippen molar-refractivity contribution in [1.82, 2.24) is 9.78 Å². The molecule has 0 spiro atoms. The molecule has 1 aliphatic carbocycles. The predicted octanol–water partition coefficient (Wildman–Crippen LogP) is 5.34. The fraction of sp³-hybridized carbons (Fsp3) is 0.259. The van der Waals surface area contributed by atoms with Crippen molar-refractivity contribution >= 4 is 16.9 Å². The van der Waals surface area contributed by atoms with Gasteiger partial charge in [-0.2, -0.15) is 5.10 Å². The quantitative estimate of drug-likeness (QED) is 0.413.